The first-order valence-electron chi connectivity index (χ1n) is 8.62. The second-order valence-electron chi connectivity index (χ2n) is 6.90. The van der Waals surface area contributed by atoms with E-state index in [1.165, 1.54) is 38.5 Å². The fraction of sp³-hybridized carbons (Fsp3) is 0.647. The molecule has 5 rings (SSSR count). The highest BCUT2D eigenvalue weighted by molar-refractivity contribution is 5.94. The molecule has 1 N–H and O–H groups in total. The van der Waals surface area contributed by atoms with Crippen molar-refractivity contribution < 1.29 is 9.90 Å². The molecule has 4 saturated heterocycles. The average Bonchev–Trinajstić information content (AvgIpc) is 2.63. The zero-order valence-electron chi connectivity index (χ0n) is 13.4. The first-order chi connectivity index (χ1) is 11.2. The van der Waals surface area contributed by atoms with Crippen molar-refractivity contribution in [1.29, 1.82) is 0 Å². The standard InChI is InChI=1S/C17H24N4O2/c22-15-2-1-5-18-16(15)17(23)21-10-8-20(9-11-21)14-12-19-6-3-13(14)4-7-19/h1-2,5,13-14,22H,3-4,6-12H2/t14-/m0/s1. The lowest BCUT2D eigenvalue weighted by Crippen LogP contribution is -2.61. The van der Waals surface area contributed by atoms with Crippen molar-refractivity contribution in [2.75, 3.05) is 45.8 Å². The van der Waals surface area contributed by atoms with Gasteiger partial charge in [-0.3, -0.25) is 9.69 Å². The summed E-state index contributed by atoms with van der Waals surface area (Å²) in [6, 6.07) is 3.82. The fourth-order valence-corrected chi connectivity index (χ4v) is 4.32. The van der Waals surface area contributed by atoms with Crippen molar-refractivity contribution in [2.24, 2.45) is 5.92 Å². The summed E-state index contributed by atoms with van der Waals surface area (Å²) in [7, 11) is 0. The molecule has 4 fully saturated rings. The minimum atomic E-state index is -0.156. The predicted molar refractivity (Wildman–Crippen MR) is 86.3 cm³/mol. The molecule has 5 heterocycles. The number of nitrogens with zero attached hydrogens (tertiary/aromatic N) is 4. The molecule has 0 unspecified atom stereocenters. The van der Waals surface area contributed by atoms with Crippen molar-refractivity contribution in [1.82, 2.24) is 19.7 Å². The van der Waals surface area contributed by atoms with Crippen LogP contribution in [0.4, 0.5) is 0 Å². The molecule has 1 aromatic heterocycles. The van der Waals surface area contributed by atoms with Crippen molar-refractivity contribution in [2.45, 2.75) is 18.9 Å². The summed E-state index contributed by atoms with van der Waals surface area (Å²) in [5.74, 6) is 0.649. The molecule has 0 saturated carbocycles. The maximum atomic E-state index is 12.5. The van der Waals surface area contributed by atoms with Gasteiger partial charge in [0.15, 0.2) is 5.69 Å². The Balaban J connectivity index is 1.38. The Kier molecular flexibility index (Phi) is 3.95. The summed E-state index contributed by atoms with van der Waals surface area (Å²) in [5, 5.41) is 9.81. The number of carbonyl (C=O) groups excluding carboxylic acids is 1. The van der Waals surface area contributed by atoms with Crippen LogP contribution in [0.25, 0.3) is 0 Å². The first kappa shape index (κ1) is 14.9. The molecule has 0 spiro atoms. The molecule has 124 valence electrons. The maximum absolute atomic E-state index is 12.5. The lowest BCUT2D eigenvalue weighted by Gasteiger charge is -2.50. The van der Waals surface area contributed by atoms with Crippen LogP contribution in [-0.4, -0.2) is 82.6 Å². The Morgan fingerprint density at radius 3 is 2.48 bits per heavy atom. The van der Waals surface area contributed by atoms with Gasteiger partial charge in [0.1, 0.15) is 5.75 Å². The van der Waals surface area contributed by atoms with Crippen LogP contribution in [0, 0.1) is 5.92 Å². The number of aromatic nitrogens is 1. The zero-order valence-corrected chi connectivity index (χ0v) is 13.4. The number of hydrogen-bond acceptors (Lipinski definition) is 5. The number of pyridine rings is 1. The van der Waals surface area contributed by atoms with Gasteiger partial charge in [0, 0.05) is 45.0 Å². The van der Waals surface area contributed by atoms with Gasteiger partial charge >= 0.3 is 0 Å². The number of piperidine rings is 3. The van der Waals surface area contributed by atoms with Gasteiger partial charge in [0.2, 0.25) is 0 Å². The van der Waals surface area contributed by atoms with E-state index in [0.717, 1.165) is 32.1 Å². The minimum absolute atomic E-state index is 0.0303. The molecular formula is C17H24N4O2. The van der Waals surface area contributed by atoms with Gasteiger partial charge < -0.3 is 14.9 Å². The van der Waals surface area contributed by atoms with Gasteiger partial charge in [0.25, 0.3) is 5.91 Å². The Morgan fingerprint density at radius 2 is 1.87 bits per heavy atom. The third kappa shape index (κ3) is 2.81. The van der Waals surface area contributed by atoms with Crippen LogP contribution < -0.4 is 0 Å². The van der Waals surface area contributed by atoms with E-state index in [0.29, 0.717) is 6.04 Å². The molecule has 0 aromatic carbocycles. The Bertz CT molecular complexity index is 578. The number of hydrogen-bond donors (Lipinski definition) is 1. The minimum Gasteiger partial charge on any atom is -0.505 e. The molecule has 0 radical (unpaired) electrons. The van der Waals surface area contributed by atoms with Gasteiger partial charge in [0.05, 0.1) is 0 Å². The van der Waals surface area contributed by atoms with E-state index in [9.17, 15) is 9.90 Å². The largest absolute Gasteiger partial charge is 0.505 e. The van der Waals surface area contributed by atoms with Crippen molar-refractivity contribution in [3.63, 3.8) is 0 Å². The molecule has 1 atom stereocenters. The number of aromatic hydroxyl groups is 1. The zero-order chi connectivity index (χ0) is 15.8. The summed E-state index contributed by atoms with van der Waals surface area (Å²) in [6.45, 7) is 7.01. The van der Waals surface area contributed by atoms with Crippen LogP contribution in [0.15, 0.2) is 18.3 Å². The normalized spacial score (nSPS) is 31.3. The Morgan fingerprint density at radius 1 is 1.13 bits per heavy atom. The molecular weight excluding hydrogens is 292 g/mol. The molecule has 2 bridgehead atoms. The van der Waals surface area contributed by atoms with E-state index in [1.807, 2.05) is 4.90 Å². The van der Waals surface area contributed by atoms with Crippen LogP contribution in [0.3, 0.4) is 0 Å². The smallest absolute Gasteiger partial charge is 0.276 e. The summed E-state index contributed by atoms with van der Waals surface area (Å²) >= 11 is 0. The van der Waals surface area contributed by atoms with Gasteiger partial charge in [-0.15, -0.1) is 0 Å². The Hall–Kier alpha value is -1.66. The highest BCUT2D eigenvalue weighted by Crippen LogP contribution is 2.31. The molecule has 4 aliphatic rings. The third-order valence-corrected chi connectivity index (χ3v) is 5.68. The number of carbonyl (C=O) groups is 1. The summed E-state index contributed by atoms with van der Waals surface area (Å²) in [4.78, 5) is 23.5. The van der Waals surface area contributed by atoms with Crippen LogP contribution in [0.2, 0.25) is 0 Å². The molecule has 1 aromatic rings. The third-order valence-electron chi connectivity index (χ3n) is 5.68. The quantitative estimate of drug-likeness (QED) is 0.868. The van der Waals surface area contributed by atoms with Crippen LogP contribution >= 0.6 is 0 Å². The van der Waals surface area contributed by atoms with Gasteiger partial charge in [-0.1, -0.05) is 0 Å². The van der Waals surface area contributed by atoms with E-state index < -0.39 is 0 Å². The first-order valence-corrected chi connectivity index (χ1v) is 8.62. The molecule has 0 aliphatic carbocycles. The maximum Gasteiger partial charge on any atom is 0.276 e. The molecule has 6 heteroatoms. The SMILES string of the molecule is O=C(c1ncccc1O)N1CCN([C@H]2CN3CCC2CC3)CC1. The monoisotopic (exact) mass is 316 g/mol. The lowest BCUT2D eigenvalue weighted by atomic mass is 9.83. The van der Waals surface area contributed by atoms with Gasteiger partial charge in [-0.2, -0.15) is 0 Å². The Labute approximate surface area is 136 Å². The van der Waals surface area contributed by atoms with E-state index in [1.54, 1.807) is 12.3 Å². The van der Waals surface area contributed by atoms with E-state index in [4.69, 9.17) is 0 Å². The molecule has 1 amide bonds. The molecule has 4 aliphatic heterocycles. The lowest BCUT2D eigenvalue weighted by molar-refractivity contribution is -0.0132. The highest BCUT2D eigenvalue weighted by Gasteiger charge is 2.38. The summed E-state index contributed by atoms with van der Waals surface area (Å²) in [5.41, 5.74) is 0.170. The van der Waals surface area contributed by atoms with E-state index >= 15 is 0 Å². The van der Waals surface area contributed by atoms with Crippen molar-refractivity contribution in [3.8, 4) is 5.75 Å². The van der Waals surface area contributed by atoms with Gasteiger partial charge in [-0.05, 0) is 44.0 Å². The molecule has 6 nitrogen and oxygen atoms in total. The number of fused-ring (bicyclic) bond motifs is 3. The fourth-order valence-electron chi connectivity index (χ4n) is 4.32. The highest BCUT2D eigenvalue weighted by atomic mass is 16.3. The summed E-state index contributed by atoms with van der Waals surface area (Å²) in [6.07, 6.45) is 4.20. The van der Waals surface area contributed by atoms with E-state index in [-0.39, 0.29) is 17.4 Å². The van der Waals surface area contributed by atoms with Crippen LogP contribution in [0.5, 0.6) is 5.75 Å². The van der Waals surface area contributed by atoms with Gasteiger partial charge in [-0.25, -0.2) is 4.98 Å². The number of amides is 1. The summed E-state index contributed by atoms with van der Waals surface area (Å²) < 4.78 is 0. The second-order valence-corrected chi connectivity index (χ2v) is 6.90. The topological polar surface area (TPSA) is 59.9 Å². The molecule has 23 heavy (non-hydrogen) atoms. The predicted octanol–water partition coefficient (Wildman–Crippen LogP) is 0.639. The van der Waals surface area contributed by atoms with Crippen LogP contribution in [-0.2, 0) is 0 Å². The average molecular weight is 316 g/mol. The number of piperazine rings is 1. The number of rotatable bonds is 2. The van der Waals surface area contributed by atoms with E-state index in [2.05, 4.69) is 14.8 Å². The second kappa shape index (κ2) is 6.09. The van der Waals surface area contributed by atoms with Crippen molar-refractivity contribution >= 4 is 5.91 Å². The van der Waals surface area contributed by atoms with Crippen molar-refractivity contribution in [3.05, 3.63) is 24.0 Å². The van der Waals surface area contributed by atoms with Crippen LogP contribution in [0.1, 0.15) is 23.3 Å².